The van der Waals surface area contributed by atoms with Crippen molar-refractivity contribution in [3.8, 4) is 0 Å². The van der Waals surface area contributed by atoms with Gasteiger partial charge in [0.15, 0.2) is 0 Å². The molecule has 0 aromatic heterocycles. The maximum Gasteiger partial charge on any atom is 0.335 e. The lowest BCUT2D eigenvalue weighted by molar-refractivity contribution is 0.0697. The van der Waals surface area contributed by atoms with E-state index in [2.05, 4.69) is 17.5 Å². The largest absolute Gasteiger partial charge is 0.478 e. The number of carbonyl (C=O) groups is 1. The van der Waals surface area contributed by atoms with Crippen molar-refractivity contribution >= 4 is 11.7 Å². The van der Waals surface area contributed by atoms with Crippen molar-refractivity contribution in [1.29, 1.82) is 0 Å². The molecule has 0 radical (unpaired) electrons. The second-order valence-corrected chi connectivity index (χ2v) is 6.11. The molecule has 4 heteroatoms. The quantitative estimate of drug-likeness (QED) is 0.811. The summed E-state index contributed by atoms with van der Waals surface area (Å²) in [5, 5.41) is 12.4. The molecule has 1 aliphatic heterocycles. The number of hydrogen-bond donors (Lipinski definition) is 2. The van der Waals surface area contributed by atoms with Gasteiger partial charge < -0.3 is 10.4 Å². The average Bonchev–Trinajstić information content (AvgIpc) is 3.04. The van der Waals surface area contributed by atoms with Crippen molar-refractivity contribution in [2.45, 2.75) is 18.4 Å². The zero-order valence-corrected chi connectivity index (χ0v) is 12.4. The van der Waals surface area contributed by atoms with E-state index in [4.69, 9.17) is 5.11 Å². The summed E-state index contributed by atoms with van der Waals surface area (Å²) in [7, 11) is 0. The molecule has 2 aromatic carbocycles. The minimum atomic E-state index is -0.940. The van der Waals surface area contributed by atoms with Crippen LogP contribution in [-0.4, -0.2) is 11.1 Å². The van der Waals surface area contributed by atoms with Crippen LogP contribution in [0, 0.1) is 11.7 Å². The highest BCUT2D eigenvalue weighted by Crippen LogP contribution is 2.50. The Labute approximate surface area is 133 Å². The molecule has 2 aromatic rings. The fourth-order valence-electron chi connectivity index (χ4n) is 3.75. The number of carboxylic acid groups (broad SMARTS) is 1. The van der Waals surface area contributed by atoms with Gasteiger partial charge in [-0.05, 0) is 41.7 Å². The van der Waals surface area contributed by atoms with E-state index in [0.717, 1.165) is 17.5 Å². The molecule has 0 amide bonds. The fourth-order valence-corrected chi connectivity index (χ4v) is 3.75. The van der Waals surface area contributed by atoms with Crippen LogP contribution >= 0.6 is 0 Å². The zero-order chi connectivity index (χ0) is 16.0. The fraction of sp³-hybridized carbons (Fsp3) is 0.211. The molecule has 23 heavy (non-hydrogen) atoms. The van der Waals surface area contributed by atoms with Crippen LogP contribution in [0.1, 0.15) is 39.9 Å². The van der Waals surface area contributed by atoms with Gasteiger partial charge in [0.25, 0.3) is 0 Å². The third kappa shape index (κ3) is 2.22. The highest BCUT2D eigenvalue weighted by Gasteiger charge is 2.38. The first kappa shape index (κ1) is 14.0. The molecule has 3 atom stereocenters. The first-order valence-corrected chi connectivity index (χ1v) is 7.70. The van der Waals surface area contributed by atoms with Crippen LogP contribution in [-0.2, 0) is 0 Å². The summed E-state index contributed by atoms with van der Waals surface area (Å²) < 4.78 is 14.2. The Morgan fingerprint density at radius 1 is 1.17 bits per heavy atom. The summed E-state index contributed by atoms with van der Waals surface area (Å²) >= 11 is 0. The summed E-state index contributed by atoms with van der Waals surface area (Å²) in [6.07, 6.45) is 5.23. The van der Waals surface area contributed by atoms with Crippen molar-refractivity contribution < 1.29 is 14.3 Å². The SMILES string of the molecule is O=C(O)c1ccc([C@@H]2Nc3c(F)cccc3[C@@H]3C=CC[C@@H]32)cc1. The van der Waals surface area contributed by atoms with E-state index >= 15 is 0 Å². The summed E-state index contributed by atoms with van der Waals surface area (Å²) in [5.41, 5.74) is 2.81. The van der Waals surface area contributed by atoms with Crippen LogP contribution in [0.2, 0.25) is 0 Å². The van der Waals surface area contributed by atoms with Gasteiger partial charge in [-0.15, -0.1) is 0 Å². The molecule has 1 aliphatic carbocycles. The van der Waals surface area contributed by atoms with E-state index in [1.165, 1.54) is 6.07 Å². The van der Waals surface area contributed by atoms with Gasteiger partial charge in [0, 0.05) is 5.92 Å². The van der Waals surface area contributed by atoms with E-state index < -0.39 is 5.97 Å². The minimum Gasteiger partial charge on any atom is -0.478 e. The van der Waals surface area contributed by atoms with Crippen molar-refractivity contribution in [3.63, 3.8) is 0 Å². The lowest BCUT2D eigenvalue weighted by Gasteiger charge is -2.37. The molecule has 116 valence electrons. The maximum absolute atomic E-state index is 14.2. The molecule has 0 saturated heterocycles. The number of benzene rings is 2. The van der Waals surface area contributed by atoms with Gasteiger partial charge in [-0.2, -0.15) is 0 Å². The Morgan fingerprint density at radius 3 is 2.70 bits per heavy atom. The highest BCUT2D eigenvalue weighted by molar-refractivity contribution is 5.87. The minimum absolute atomic E-state index is 0.0257. The van der Waals surface area contributed by atoms with Crippen LogP contribution < -0.4 is 5.32 Å². The summed E-state index contributed by atoms with van der Waals surface area (Å²) in [4.78, 5) is 11.0. The monoisotopic (exact) mass is 309 g/mol. The van der Waals surface area contributed by atoms with Gasteiger partial charge in [-0.1, -0.05) is 36.4 Å². The lowest BCUT2D eigenvalue weighted by Crippen LogP contribution is -2.29. The number of rotatable bonds is 2. The lowest BCUT2D eigenvalue weighted by atomic mass is 9.77. The number of hydrogen-bond acceptors (Lipinski definition) is 2. The number of fused-ring (bicyclic) bond motifs is 3. The van der Waals surface area contributed by atoms with Crippen molar-refractivity contribution in [2.75, 3.05) is 5.32 Å². The van der Waals surface area contributed by atoms with Crippen molar-refractivity contribution in [2.24, 2.45) is 5.92 Å². The number of anilines is 1. The molecular weight excluding hydrogens is 293 g/mol. The van der Waals surface area contributed by atoms with Crippen LogP contribution in [0.4, 0.5) is 10.1 Å². The Morgan fingerprint density at radius 2 is 1.96 bits per heavy atom. The molecule has 0 saturated carbocycles. The zero-order valence-electron chi connectivity index (χ0n) is 12.4. The standard InChI is InChI=1S/C19H16FNO2/c20-16-6-2-5-15-13-3-1-4-14(13)17(21-18(15)16)11-7-9-12(10-8-11)19(22)23/h1-3,5-10,13-14,17,21H,4H2,(H,22,23)/t13-,14+,17+/m1/s1. The molecule has 0 fully saturated rings. The first-order chi connectivity index (χ1) is 11.1. The predicted octanol–water partition coefficient (Wildman–Crippen LogP) is 4.35. The van der Waals surface area contributed by atoms with Crippen LogP contribution in [0.3, 0.4) is 0 Å². The van der Waals surface area contributed by atoms with E-state index in [0.29, 0.717) is 11.6 Å². The Kier molecular flexibility index (Phi) is 3.18. The van der Waals surface area contributed by atoms with Crippen LogP contribution in [0.15, 0.2) is 54.6 Å². The summed E-state index contributed by atoms with van der Waals surface area (Å²) in [6.45, 7) is 0. The normalized spacial score (nSPS) is 24.7. The maximum atomic E-state index is 14.2. The average molecular weight is 309 g/mol. The molecule has 2 aliphatic rings. The molecule has 2 N–H and O–H groups in total. The Balaban J connectivity index is 1.75. The molecule has 0 bridgehead atoms. The van der Waals surface area contributed by atoms with Gasteiger partial charge >= 0.3 is 5.97 Å². The number of nitrogens with one attached hydrogen (secondary N) is 1. The van der Waals surface area contributed by atoms with E-state index in [-0.39, 0.29) is 23.3 Å². The second kappa shape index (κ2) is 5.23. The number of halogens is 1. The molecule has 0 spiro atoms. The molecule has 4 rings (SSSR count). The third-order valence-corrected chi connectivity index (χ3v) is 4.86. The van der Waals surface area contributed by atoms with Crippen molar-refractivity contribution in [3.05, 3.63) is 77.1 Å². The first-order valence-electron chi connectivity index (χ1n) is 7.70. The summed E-state index contributed by atoms with van der Waals surface area (Å²) in [6, 6.07) is 12.0. The number of allylic oxidation sites excluding steroid dienone is 2. The van der Waals surface area contributed by atoms with E-state index in [1.54, 1.807) is 18.2 Å². The highest BCUT2D eigenvalue weighted by atomic mass is 19.1. The van der Waals surface area contributed by atoms with Gasteiger partial charge in [-0.3, -0.25) is 0 Å². The van der Waals surface area contributed by atoms with Gasteiger partial charge in [-0.25, -0.2) is 9.18 Å². The third-order valence-electron chi connectivity index (χ3n) is 4.86. The van der Waals surface area contributed by atoms with E-state index in [1.807, 2.05) is 18.2 Å². The van der Waals surface area contributed by atoms with Crippen LogP contribution in [0.25, 0.3) is 0 Å². The Bertz CT molecular complexity index is 798. The van der Waals surface area contributed by atoms with Crippen molar-refractivity contribution in [1.82, 2.24) is 0 Å². The molecule has 3 nitrogen and oxygen atoms in total. The predicted molar refractivity (Wildman–Crippen MR) is 86.2 cm³/mol. The van der Waals surface area contributed by atoms with Gasteiger partial charge in [0.1, 0.15) is 5.82 Å². The topological polar surface area (TPSA) is 49.3 Å². The second-order valence-electron chi connectivity index (χ2n) is 6.11. The molecular formula is C19H16FNO2. The number of para-hydroxylation sites is 1. The number of aromatic carboxylic acids is 1. The molecule has 0 unspecified atom stereocenters. The van der Waals surface area contributed by atoms with E-state index in [9.17, 15) is 9.18 Å². The smallest absolute Gasteiger partial charge is 0.335 e. The van der Waals surface area contributed by atoms with Gasteiger partial charge in [0.2, 0.25) is 0 Å². The molecule has 1 heterocycles. The Hall–Kier alpha value is -2.62. The van der Waals surface area contributed by atoms with Gasteiger partial charge in [0.05, 0.1) is 17.3 Å². The number of carboxylic acids is 1. The van der Waals surface area contributed by atoms with Crippen LogP contribution in [0.5, 0.6) is 0 Å². The summed E-state index contributed by atoms with van der Waals surface area (Å²) in [5.74, 6) is -0.663.